The first-order valence-electron chi connectivity index (χ1n) is 3.12. The smallest absolute Gasteiger partial charge is 0.260 e. The zero-order valence-corrected chi connectivity index (χ0v) is 8.07. The number of rotatable bonds is 1. The van der Waals surface area contributed by atoms with Crippen molar-refractivity contribution >= 4 is 23.3 Å². The Hall–Kier alpha value is 0.822. The Balaban J connectivity index is 3.62. The van der Waals surface area contributed by atoms with Crippen LogP contribution in [0.15, 0.2) is 0 Å². The topological polar surface area (TPSA) is 0 Å². The summed E-state index contributed by atoms with van der Waals surface area (Å²) in [5.74, 6) is 0. The van der Waals surface area contributed by atoms with E-state index in [0.717, 1.165) is 0 Å². The van der Waals surface area contributed by atoms with E-state index in [1.165, 1.54) is 5.28 Å². The third-order valence-electron chi connectivity index (χ3n) is 1.30. The highest BCUT2D eigenvalue weighted by Crippen LogP contribution is 2.30. The van der Waals surface area contributed by atoms with Crippen LogP contribution in [0.1, 0.15) is 27.7 Å². The molecule has 0 aliphatic heterocycles. The van der Waals surface area contributed by atoms with Gasteiger partial charge in [0.1, 0.15) is 0 Å². The Morgan fingerprint density at radius 2 is 1.75 bits per heavy atom. The molecule has 0 aromatic carbocycles. The van der Waals surface area contributed by atoms with E-state index < -0.39 is 13.2 Å². The van der Waals surface area contributed by atoms with Crippen LogP contribution in [0.3, 0.4) is 0 Å². The summed E-state index contributed by atoms with van der Waals surface area (Å²) >= 11 is -0.897. The van der Waals surface area contributed by atoms with Crippen LogP contribution in [-0.2, 0) is 0 Å². The second kappa shape index (κ2) is 3.11. The maximum Gasteiger partial charge on any atom is 0.404 e. The molecule has 0 bridgehead atoms. The monoisotopic (exact) mass is 148 g/mol. The van der Waals surface area contributed by atoms with Gasteiger partial charge in [-0.15, -0.1) is 0 Å². The minimum Gasteiger partial charge on any atom is -0.260 e. The molecule has 0 aromatic rings. The van der Waals surface area contributed by atoms with Gasteiger partial charge in [0.2, 0.25) is 0 Å². The lowest BCUT2D eigenvalue weighted by Crippen LogP contribution is -2.17. The van der Waals surface area contributed by atoms with Gasteiger partial charge in [0.15, 0.2) is 0 Å². The summed E-state index contributed by atoms with van der Waals surface area (Å²) in [7, 11) is 6.08. The largest absolute Gasteiger partial charge is 0.404 e. The third-order valence-corrected chi connectivity index (χ3v) is 6.78. The fourth-order valence-electron chi connectivity index (χ4n) is 0.612. The van der Waals surface area contributed by atoms with Gasteiger partial charge in [0.05, 0.1) is 0 Å². The molecule has 0 N–H and O–H groups in total. The molecule has 0 aliphatic rings. The van der Waals surface area contributed by atoms with E-state index in [1.54, 1.807) is 0 Å². The van der Waals surface area contributed by atoms with Crippen LogP contribution in [0, 0.1) is 0 Å². The molecule has 0 radical (unpaired) electrons. The van der Waals surface area contributed by atoms with Crippen molar-refractivity contribution in [2.45, 2.75) is 37.3 Å². The zero-order chi connectivity index (χ0) is 6.78. The van der Waals surface area contributed by atoms with Crippen LogP contribution in [0.2, 0.25) is 9.56 Å². The Morgan fingerprint density at radius 3 is 1.75 bits per heavy atom. The second-order valence-corrected chi connectivity index (χ2v) is 8.31. The molecular formula is C6H14AlCl. The molecule has 0 heterocycles. The standard InChI is InChI=1S/C4H9.C2H5.Al.ClH/c1-4(2)3;1-2;;/h1-3H3;1H2,2H3;;1H/q;;+1;/p-1. The summed E-state index contributed by atoms with van der Waals surface area (Å²) in [6.45, 7) is 8.84. The molecule has 0 aliphatic carbocycles. The van der Waals surface area contributed by atoms with Crippen LogP contribution >= 0.6 is 10.0 Å². The van der Waals surface area contributed by atoms with Crippen molar-refractivity contribution in [1.82, 2.24) is 0 Å². The van der Waals surface area contributed by atoms with E-state index in [9.17, 15) is 0 Å². The predicted octanol–water partition coefficient (Wildman–Crippen LogP) is 3.04. The van der Waals surface area contributed by atoms with Gasteiger partial charge in [-0.2, -0.15) is 0 Å². The van der Waals surface area contributed by atoms with E-state index in [0.29, 0.717) is 4.28 Å². The van der Waals surface area contributed by atoms with Crippen LogP contribution < -0.4 is 0 Å². The van der Waals surface area contributed by atoms with Gasteiger partial charge >= 0.3 is 13.2 Å². The maximum atomic E-state index is 6.08. The fourth-order valence-corrected chi connectivity index (χ4v) is 1.84. The van der Waals surface area contributed by atoms with Crippen LogP contribution in [0.4, 0.5) is 0 Å². The highest BCUT2D eigenvalue weighted by Gasteiger charge is 2.27. The van der Waals surface area contributed by atoms with Crippen molar-refractivity contribution in [3.8, 4) is 0 Å². The Labute approximate surface area is 60.8 Å². The molecule has 0 unspecified atom stereocenters. The Morgan fingerprint density at radius 1 is 1.38 bits per heavy atom. The molecule has 0 aromatic heterocycles. The lowest BCUT2D eigenvalue weighted by atomic mass is 10.2. The van der Waals surface area contributed by atoms with Crippen molar-refractivity contribution in [2.24, 2.45) is 0 Å². The third kappa shape index (κ3) is 2.97. The summed E-state index contributed by atoms with van der Waals surface area (Å²) < 4.78 is 0.413. The summed E-state index contributed by atoms with van der Waals surface area (Å²) in [6.07, 6.45) is 0. The first-order chi connectivity index (χ1) is 3.48. The average molecular weight is 149 g/mol. The van der Waals surface area contributed by atoms with Gasteiger partial charge < -0.3 is 0 Å². The van der Waals surface area contributed by atoms with Crippen molar-refractivity contribution in [3.05, 3.63) is 0 Å². The van der Waals surface area contributed by atoms with E-state index in [2.05, 4.69) is 27.7 Å². The molecule has 2 heteroatoms. The van der Waals surface area contributed by atoms with Crippen LogP contribution in [0.5, 0.6) is 0 Å². The molecule has 0 amide bonds. The van der Waals surface area contributed by atoms with Gasteiger partial charge in [0.25, 0.3) is 0 Å². The first-order valence-corrected chi connectivity index (χ1v) is 6.26. The van der Waals surface area contributed by atoms with Gasteiger partial charge in [-0.05, 0) is 0 Å². The lowest BCUT2D eigenvalue weighted by Gasteiger charge is -2.18. The highest BCUT2D eigenvalue weighted by molar-refractivity contribution is 7.08. The molecule has 0 saturated carbocycles. The summed E-state index contributed by atoms with van der Waals surface area (Å²) in [4.78, 5) is 0. The van der Waals surface area contributed by atoms with Crippen molar-refractivity contribution in [1.29, 1.82) is 0 Å². The molecule has 0 saturated heterocycles. The maximum absolute atomic E-state index is 6.08. The quantitative estimate of drug-likeness (QED) is 0.502. The van der Waals surface area contributed by atoms with Crippen molar-refractivity contribution in [3.63, 3.8) is 0 Å². The Bertz CT molecular complexity index is 65.4. The molecule has 8 heavy (non-hydrogen) atoms. The molecule has 0 spiro atoms. The van der Waals surface area contributed by atoms with Crippen LogP contribution in [0.25, 0.3) is 0 Å². The molecule has 0 rings (SSSR count). The van der Waals surface area contributed by atoms with Crippen molar-refractivity contribution < 1.29 is 0 Å². The first kappa shape index (κ1) is 8.82. The molecule has 0 atom stereocenters. The normalized spacial score (nSPS) is 11.6. The number of hydrogen-bond acceptors (Lipinski definition) is 0. The minimum atomic E-state index is -0.897. The predicted molar refractivity (Wildman–Crippen MR) is 41.8 cm³/mol. The molecule has 48 valence electrons. The molecule has 0 nitrogen and oxygen atoms in total. The fraction of sp³-hybridized carbons (Fsp3) is 1.00. The zero-order valence-electron chi connectivity index (χ0n) is 6.16. The Kier molecular flexibility index (Phi) is 3.43. The minimum absolute atomic E-state index is 0.413. The van der Waals surface area contributed by atoms with Gasteiger partial charge in [-0.3, -0.25) is 10.0 Å². The number of hydrogen-bond donors (Lipinski definition) is 0. The van der Waals surface area contributed by atoms with E-state index in [4.69, 9.17) is 10.0 Å². The highest BCUT2D eigenvalue weighted by atomic mass is 35.6. The SMILES string of the molecule is C[CH2][Al]([Cl])[C](C)(C)C. The summed E-state index contributed by atoms with van der Waals surface area (Å²) in [5.41, 5.74) is 0. The second-order valence-electron chi connectivity index (χ2n) is 3.24. The van der Waals surface area contributed by atoms with E-state index in [1.807, 2.05) is 0 Å². The van der Waals surface area contributed by atoms with E-state index in [-0.39, 0.29) is 0 Å². The lowest BCUT2D eigenvalue weighted by molar-refractivity contribution is 0.745. The number of halogens is 1. The summed E-state index contributed by atoms with van der Waals surface area (Å²) in [6, 6.07) is 0. The van der Waals surface area contributed by atoms with Crippen LogP contribution in [-0.4, -0.2) is 13.2 Å². The van der Waals surface area contributed by atoms with Crippen molar-refractivity contribution in [2.75, 3.05) is 0 Å². The van der Waals surface area contributed by atoms with Gasteiger partial charge in [-0.1, -0.05) is 37.3 Å². The van der Waals surface area contributed by atoms with Gasteiger partial charge in [-0.25, -0.2) is 0 Å². The van der Waals surface area contributed by atoms with E-state index >= 15 is 0 Å². The van der Waals surface area contributed by atoms with Gasteiger partial charge in [0, 0.05) is 0 Å². The summed E-state index contributed by atoms with van der Waals surface area (Å²) in [5, 5.41) is 1.20. The molecular weight excluding hydrogens is 135 g/mol. The average Bonchev–Trinajstić information content (AvgIpc) is 1.62. The molecule has 0 fully saturated rings.